The number of aromatic nitrogens is 4. The second kappa shape index (κ2) is 9.38. The second-order valence-electron chi connectivity index (χ2n) is 7.30. The number of carbonyl (C=O) groups excluding carboxylic acids is 1. The third kappa shape index (κ3) is 4.14. The molecule has 1 saturated heterocycles. The van der Waals surface area contributed by atoms with Crippen molar-refractivity contribution in [2.24, 2.45) is 0 Å². The predicted octanol–water partition coefficient (Wildman–Crippen LogP) is 3.09. The van der Waals surface area contributed by atoms with Gasteiger partial charge < -0.3 is 20.1 Å². The first-order valence-corrected chi connectivity index (χ1v) is 12.2. The van der Waals surface area contributed by atoms with Crippen molar-refractivity contribution in [1.29, 1.82) is 0 Å². The number of para-hydroxylation sites is 2. The highest BCUT2D eigenvalue weighted by molar-refractivity contribution is 7.99. The summed E-state index contributed by atoms with van der Waals surface area (Å²) < 4.78 is 12.9. The van der Waals surface area contributed by atoms with Crippen LogP contribution in [0.25, 0.3) is 26.6 Å². The molecular weight excluding hydrogens is 460 g/mol. The maximum Gasteiger partial charge on any atom is 0.233 e. The zero-order valence-electron chi connectivity index (χ0n) is 17.9. The minimum absolute atomic E-state index is 0.0463. The molecular formula is C22H22N6O3S2. The summed E-state index contributed by atoms with van der Waals surface area (Å²) in [4.78, 5) is 20.6. The lowest BCUT2D eigenvalue weighted by Gasteiger charge is -2.26. The van der Waals surface area contributed by atoms with E-state index in [0.29, 0.717) is 48.7 Å². The molecule has 9 nitrogen and oxygen atoms in total. The van der Waals surface area contributed by atoms with Crippen molar-refractivity contribution in [2.75, 3.05) is 44.9 Å². The van der Waals surface area contributed by atoms with Gasteiger partial charge in [0.05, 0.1) is 42.3 Å². The molecule has 0 bridgehead atoms. The number of anilines is 1. The quantitative estimate of drug-likeness (QED) is 0.418. The molecule has 0 spiro atoms. The van der Waals surface area contributed by atoms with E-state index in [4.69, 9.17) is 15.2 Å². The Morgan fingerprint density at radius 2 is 2.03 bits per heavy atom. The van der Waals surface area contributed by atoms with Crippen LogP contribution in [0.2, 0.25) is 0 Å². The maximum atomic E-state index is 12.7. The molecule has 0 atom stereocenters. The van der Waals surface area contributed by atoms with E-state index in [1.807, 2.05) is 45.9 Å². The van der Waals surface area contributed by atoms with Crippen LogP contribution in [0.3, 0.4) is 0 Å². The molecule has 3 aromatic heterocycles. The number of thiophene rings is 1. The monoisotopic (exact) mass is 482 g/mol. The number of rotatable bonds is 6. The van der Waals surface area contributed by atoms with Gasteiger partial charge in [-0.1, -0.05) is 23.9 Å². The largest absolute Gasteiger partial charge is 0.495 e. The van der Waals surface area contributed by atoms with E-state index in [2.05, 4.69) is 15.2 Å². The molecule has 33 heavy (non-hydrogen) atoms. The third-order valence-electron chi connectivity index (χ3n) is 5.36. The van der Waals surface area contributed by atoms with E-state index in [0.717, 1.165) is 20.8 Å². The van der Waals surface area contributed by atoms with Crippen LogP contribution in [0, 0.1) is 0 Å². The number of fused-ring (bicyclic) bond motifs is 1. The van der Waals surface area contributed by atoms with Crippen molar-refractivity contribution in [3.8, 4) is 22.1 Å². The predicted molar refractivity (Wildman–Crippen MR) is 129 cm³/mol. The number of hydrogen-bond donors (Lipinski definition) is 1. The number of ether oxygens (including phenoxy) is 2. The first-order chi connectivity index (χ1) is 16.2. The van der Waals surface area contributed by atoms with Gasteiger partial charge in [0.1, 0.15) is 10.6 Å². The molecule has 0 radical (unpaired) electrons. The molecule has 11 heteroatoms. The lowest BCUT2D eigenvalue weighted by Crippen LogP contribution is -2.41. The average molecular weight is 483 g/mol. The zero-order chi connectivity index (χ0) is 22.8. The zero-order valence-corrected chi connectivity index (χ0v) is 19.6. The highest BCUT2D eigenvalue weighted by Crippen LogP contribution is 2.41. The number of benzene rings is 1. The summed E-state index contributed by atoms with van der Waals surface area (Å²) >= 11 is 2.80. The van der Waals surface area contributed by atoms with Gasteiger partial charge in [0.2, 0.25) is 5.91 Å². The molecule has 1 aliphatic heterocycles. The van der Waals surface area contributed by atoms with Gasteiger partial charge in [0, 0.05) is 24.7 Å². The Balaban J connectivity index is 1.56. The van der Waals surface area contributed by atoms with E-state index < -0.39 is 0 Å². The van der Waals surface area contributed by atoms with Crippen LogP contribution in [0.1, 0.15) is 0 Å². The summed E-state index contributed by atoms with van der Waals surface area (Å²) in [5.41, 5.74) is 7.87. The Morgan fingerprint density at radius 3 is 2.82 bits per heavy atom. The summed E-state index contributed by atoms with van der Waals surface area (Å²) in [6, 6.07) is 11.4. The number of nitrogens with zero attached hydrogens (tertiary/aromatic N) is 5. The SMILES string of the molecule is COc1ccccc1-n1c(SCC(=O)N2CCOCC2)nnc1-c1sc2ncccc2c1N. The van der Waals surface area contributed by atoms with E-state index in [1.165, 1.54) is 23.1 Å². The standard InChI is InChI=1S/C22H22N6O3S2/c1-30-16-7-3-2-6-15(16)28-20(19-18(23)14-5-4-8-24-21(14)33-19)25-26-22(28)32-13-17(29)27-9-11-31-12-10-27/h2-8H,9-13,23H2,1H3. The van der Waals surface area contributed by atoms with E-state index >= 15 is 0 Å². The van der Waals surface area contributed by atoms with Crippen molar-refractivity contribution in [1.82, 2.24) is 24.6 Å². The van der Waals surface area contributed by atoms with Gasteiger partial charge in [0.15, 0.2) is 11.0 Å². The minimum atomic E-state index is 0.0463. The number of morpholine rings is 1. The number of carbonyl (C=O) groups is 1. The van der Waals surface area contributed by atoms with Crippen LogP contribution in [0.5, 0.6) is 5.75 Å². The van der Waals surface area contributed by atoms with Crippen LogP contribution in [-0.2, 0) is 9.53 Å². The van der Waals surface area contributed by atoms with Crippen LogP contribution in [-0.4, -0.2) is 69.7 Å². The molecule has 1 aromatic carbocycles. The Hall–Kier alpha value is -3.15. The number of methoxy groups -OCH3 is 1. The van der Waals surface area contributed by atoms with Gasteiger partial charge in [-0.3, -0.25) is 9.36 Å². The molecule has 0 saturated carbocycles. The summed E-state index contributed by atoms with van der Waals surface area (Å²) in [7, 11) is 1.62. The second-order valence-corrected chi connectivity index (χ2v) is 9.24. The van der Waals surface area contributed by atoms with Crippen molar-refractivity contribution in [3.05, 3.63) is 42.6 Å². The van der Waals surface area contributed by atoms with Gasteiger partial charge in [-0.25, -0.2) is 4.98 Å². The Bertz CT molecular complexity index is 1300. The number of hydrogen-bond acceptors (Lipinski definition) is 9. The van der Waals surface area contributed by atoms with E-state index in [-0.39, 0.29) is 11.7 Å². The van der Waals surface area contributed by atoms with Gasteiger partial charge in [0.25, 0.3) is 0 Å². The summed E-state index contributed by atoms with van der Waals surface area (Å²) in [5, 5.41) is 10.4. The molecule has 170 valence electrons. The number of nitrogen functional groups attached to an aromatic ring is 1. The van der Waals surface area contributed by atoms with Crippen molar-refractivity contribution in [3.63, 3.8) is 0 Å². The van der Waals surface area contributed by atoms with Crippen molar-refractivity contribution in [2.45, 2.75) is 5.16 Å². The van der Waals surface area contributed by atoms with Crippen molar-refractivity contribution >= 4 is 44.9 Å². The number of amides is 1. The lowest BCUT2D eigenvalue weighted by molar-refractivity contribution is -0.132. The molecule has 0 unspecified atom stereocenters. The molecule has 1 amide bonds. The molecule has 4 heterocycles. The number of thioether (sulfide) groups is 1. The molecule has 1 aliphatic rings. The summed E-state index contributed by atoms with van der Waals surface area (Å²) in [6.07, 6.45) is 1.74. The topological polar surface area (TPSA) is 108 Å². The summed E-state index contributed by atoms with van der Waals surface area (Å²) in [5.74, 6) is 1.54. The average Bonchev–Trinajstić information content (AvgIpc) is 3.43. The Labute approximate surface area is 198 Å². The molecule has 2 N–H and O–H groups in total. The maximum absolute atomic E-state index is 12.7. The fourth-order valence-electron chi connectivity index (χ4n) is 3.69. The fraction of sp³-hybridized carbons (Fsp3) is 0.273. The Kier molecular flexibility index (Phi) is 6.16. The molecule has 4 aromatic rings. The number of pyridine rings is 1. The van der Waals surface area contributed by atoms with Gasteiger partial charge in [-0.2, -0.15) is 0 Å². The van der Waals surface area contributed by atoms with E-state index in [9.17, 15) is 4.79 Å². The van der Waals surface area contributed by atoms with Gasteiger partial charge in [-0.05, 0) is 24.3 Å². The van der Waals surface area contributed by atoms with Gasteiger partial charge in [-0.15, -0.1) is 21.5 Å². The van der Waals surface area contributed by atoms with Gasteiger partial charge >= 0.3 is 0 Å². The highest BCUT2D eigenvalue weighted by atomic mass is 32.2. The molecule has 5 rings (SSSR count). The normalized spacial score (nSPS) is 14.0. The van der Waals surface area contributed by atoms with Crippen LogP contribution in [0.4, 0.5) is 5.69 Å². The first kappa shape index (κ1) is 21.7. The molecule has 0 aliphatic carbocycles. The fourth-order valence-corrected chi connectivity index (χ4v) is 5.58. The third-order valence-corrected chi connectivity index (χ3v) is 7.39. The number of nitrogens with two attached hydrogens (primary N) is 1. The van der Waals surface area contributed by atoms with Crippen LogP contribution >= 0.6 is 23.1 Å². The molecule has 1 fully saturated rings. The lowest BCUT2D eigenvalue weighted by atomic mass is 10.2. The van der Waals surface area contributed by atoms with Crippen LogP contribution in [0.15, 0.2) is 47.8 Å². The minimum Gasteiger partial charge on any atom is -0.495 e. The summed E-state index contributed by atoms with van der Waals surface area (Å²) in [6.45, 7) is 2.35. The first-order valence-electron chi connectivity index (χ1n) is 10.4. The van der Waals surface area contributed by atoms with Crippen LogP contribution < -0.4 is 10.5 Å². The van der Waals surface area contributed by atoms with Crippen molar-refractivity contribution < 1.29 is 14.3 Å². The Morgan fingerprint density at radius 1 is 1.21 bits per heavy atom. The smallest absolute Gasteiger partial charge is 0.233 e. The van der Waals surface area contributed by atoms with E-state index in [1.54, 1.807) is 13.3 Å². The highest BCUT2D eigenvalue weighted by Gasteiger charge is 2.25.